The number of halogens is 2. The molecule has 5 heteroatoms. The van der Waals surface area contributed by atoms with Gasteiger partial charge in [-0.05, 0) is 18.2 Å². The zero-order valence-corrected chi connectivity index (χ0v) is 8.61. The van der Waals surface area contributed by atoms with Gasteiger partial charge in [-0.15, -0.1) is 0 Å². The van der Waals surface area contributed by atoms with Crippen molar-refractivity contribution in [3.8, 4) is 11.1 Å². The zero-order valence-electron chi connectivity index (χ0n) is 8.61. The van der Waals surface area contributed by atoms with E-state index in [1.54, 1.807) is 13.2 Å². The fourth-order valence-corrected chi connectivity index (χ4v) is 1.58. The summed E-state index contributed by atoms with van der Waals surface area (Å²) in [5.74, 6) is -1.06. The Balaban J connectivity index is 2.61. The molecule has 1 aromatic heterocycles. The SMILES string of the molecule is Cn1cc(-c2cc(F)ccc2F)c(CO)n1. The van der Waals surface area contributed by atoms with Gasteiger partial charge >= 0.3 is 0 Å². The highest BCUT2D eigenvalue weighted by atomic mass is 19.1. The maximum Gasteiger partial charge on any atom is 0.131 e. The van der Waals surface area contributed by atoms with Crippen LogP contribution in [0.25, 0.3) is 11.1 Å². The lowest BCUT2D eigenvalue weighted by Crippen LogP contribution is -1.92. The Labute approximate surface area is 91.0 Å². The van der Waals surface area contributed by atoms with Crippen LogP contribution in [0, 0.1) is 11.6 Å². The average molecular weight is 224 g/mol. The first-order chi connectivity index (χ1) is 7.61. The van der Waals surface area contributed by atoms with Crippen molar-refractivity contribution in [1.82, 2.24) is 9.78 Å². The second kappa shape index (κ2) is 4.02. The van der Waals surface area contributed by atoms with E-state index in [0.29, 0.717) is 11.3 Å². The summed E-state index contributed by atoms with van der Waals surface area (Å²) < 4.78 is 28.0. The summed E-state index contributed by atoms with van der Waals surface area (Å²) in [6.45, 7) is -0.313. The van der Waals surface area contributed by atoms with Crippen molar-refractivity contribution in [2.24, 2.45) is 7.05 Å². The fourth-order valence-electron chi connectivity index (χ4n) is 1.58. The molecule has 0 saturated carbocycles. The van der Waals surface area contributed by atoms with Crippen LogP contribution in [0.5, 0.6) is 0 Å². The number of rotatable bonds is 2. The maximum absolute atomic E-state index is 13.5. The Hall–Kier alpha value is -1.75. The molecular weight excluding hydrogens is 214 g/mol. The van der Waals surface area contributed by atoms with Crippen molar-refractivity contribution >= 4 is 0 Å². The van der Waals surface area contributed by atoms with Gasteiger partial charge in [0.2, 0.25) is 0 Å². The van der Waals surface area contributed by atoms with Gasteiger partial charge in [0.25, 0.3) is 0 Å². The minimum atomic E-state index is -0.538. The number of aryl methyl sites for hydroxylation is 1. The van der Waals surface area contributed by atoms with Gasteiger partial charge in [0, 0.05) is 24.4 Å². The molecule has 0 spiro atoms. The van der Waals surface area contributed by atoms with Crippen LogP contribution in [-0.2, 0) is 13.7 Å². The Morgan fingerprint density at radius 2 is 2.06 bits per heavy atom. The lowest BCUT2D eigenvalue weighted by Gasteiger charge is -2.02. The molecule has 2 aromatic rings. The molecule has 0 amide bonds. The monoisotopic (exact) mass is 224 g/mol. The molecular formula is C11H10F2N2O. The van der Waals surface area contributed by atoms with E-state index in [9.17, 15) is 8.78 Å². The molecule has 3 nitrogen and oxygen atoms in total. The van der Waals surface area contributed by atoms with E-state index in [-0.39, 0.29) is 12.2 Å². The van der Waals surface area contributed by atoms with Crippen LogP contribution in [0.15, 0.2) is 24.4 Å². The minimum Gasteiger partial charge on any atom is -0.390 e. The molecule has 1 aromatic carbocycles. The highest BCUT2D eigenvalue weighted by molar-refractivity contribution is 5.65. The lowest BCUT2D eigenvalue weighted by molar-refractivity contribution is 0.276. The van der Waals surface area contributed by atoms with E-state index in [1.165, 1.54) is 4.68 Å². The van der Waals surface area contributed by atoms with Gasteiger partial charge < -0.3 is 5.11 Å². The first kappa shape index (κ1) is 10.8. The van der Waals surface area contributed by atoms with E-state index in [0.717, 1.165) is 18.2 Å². The van der Waals surface area contributed by atoms with Crippen molar-refractivity contribution in [3.63, 3.8) is 0 Å². The third kappa shape index (κ3) is 1.81. The molecule has 0 aliphatic rings. The molecule has 0 atom stereocenters. The van der Waals surface area contributed by atoms with E-state index in [4.69, 9.17) is 5.11 Å². The minimum absolute atomic E-state index is 0.108. The second-order valence-electron chi connectivity index (χ2n) is 3.45. The summed E-state index contributed by atoms with van der Waals surface area (Å²) in [5, 5.41) is 13.0. The molecule has 0 aliphatic heterocycles. The summed E-state index contributed by atoms with van der Waals surface area (Å²) in [6, 6.07) is 3.19. The highest BCUT2D eigenvalue weighted by Crippen LogP contribution is 2.26. The van der Waals surface area contributed by atoms with Gasteiger partial charge in [0.1, 0.15) is 11.6 Å². The van der Waals surface area contributed by atoms with Gasteiger partial charge in [-0.25, -0.2) is 8.78 Å². The molecule has 1 N–H and O–H groups in total. The molecule has 0 bridgehead atoms. The summed E-state index contributed by atoms with van der Waals surface area (Å²) in [4.78, 5) is 0. The highest BCUT2D eigenvalue weighted by Gasteiger charge is 2.13. The lowest BCUT2D eigenvalue weighted by atomic mass is 10.1. The predicted octanol–water partition coefficient (Wildman–Crippen LogP) is 1.86. The third-order valence-electron chi connectivity index (χ3n) is 2.27. The van der Waals surface area contributed by atoms with Crippen molar-refractivity contribution in [2.75, 3.05) is 0 Å². The van der Waals surface area contributed by atoms with Gasteiger partial charge in [-0.1, -0.05) is 0 Å². The molecule has 0 unspecified atom stereocenters. The Kier molecular flexibility index (Phi) is 2.70. The zero-order chi connectivity index (χ0) is 11.7. The third-order valence-corrected chi connectivity index (χ3v) is 2.27. The van der Waals surface area contributed by atoms with Crippen LogP contribution in [0.4, 0.5) is 8.78 Å². The van der Waals surface area contributed by atoms with E-state index < -0.39 is 11.6 Å². The van der Waals surface area contributed by atoms with Crippen molar-refractivity contribution < 1.29 is 13.9 Å². The van der Waals surface area contributed by atoms with Crippen molar-refractivity contribution in [2.45, 2.75) is 6.61 Å². The average Bonchev–Trinajstić information content (AvgIpc) is 2.63. The van der Waals surface area contributed by atoms with E-state index in [1.807, 2.05) is 0 Å². The summed E-state index contributed by atoms with van der Waals surface area (Å²) in [6.07, 6.45) is 1.55. The van der Waals surface area contributed by atoms with Crippen LogP contribution >= 0.6 is 0 Å². The van der Waals surface area contributed by atoms with Crippen molar-refractivity contribution in [3.05, 3.63) is 41.7 Å². The molecule has 84 valence electrons. The van der Waals surface area contributed by atoms with Gasteiger partial charge in [-0.3, -0.25) is 4.68 Å². The van der Waals surface area contributed by atoms with Crippen LogP contribution in [0.1, 0.15) is 5.69 Å². The van der Waals surface area contributed by atoms with Gasteiger partial charge in [-0.2, -0.15) is 5.10 Å². The predicted molar refractivity (Wildman–Crippen MR) is 54.5 cm³/mol. The van der Waals surface area contributed by atoms with E-state index in [2.05, 4.69) is 5.10 Å². The second-order valence-corrected chi connectivity index (χ2v) is 3.45. The first-order valence-corrected chi connectivity index (χ1v) is 4.70. The molecule has 0 aliphatic carbocycles. The summed E-state index contributed by atoms with van der Waals surface area (Å²) in [5.41, 5.74) is 0.839. The number of nitrogens with zero attached hydrogens (tertiary/aromatic N) is 2. The first-order valence-electron chi connectivity index (χ1n) is 4.70. The molecule has 16 heavy (non-hydrogen) atoms. The summed E-state index contributed by atoms with van der Waals surface area (Å²) in [7, 11) is 1.65. The topological polar surface area (TPSA) is 38.0 Å². The number of aromatic nitrogens is 2. The van der Waals surface area contributed by atoms with Crippen LogP contribution in [0.3, 0.4) is 0 Å². The standard InChI is InChI=1S/C11H10F2N2O/c1-15-5-9(11(6-16)14-15)8-4-7(12)2-3-10(8)13/h2-5,16H,6H2,1H3. The van der Waals surface area contributed by atoms with Gasteiger partial charge in [0.05, 0.1) is 12.3 Å². The number of aliphatic hydroxyl groups is 1. The largest absolute Gasteiger partial charge is 0.390 e. The quantitative estimate of drug-likeness (QED) is 0.845. The fraction of sp³-hybridized carbons (Fsp3) is 0.182. The molecule has 0 fully saturated rings. The van der Waals surface area contributed by atoms with Crippen LogP contribution in [-0.4, -0.2) is 14.9 Å². The number of aliphatic hydroxyl groups excluding tert-OH is 1. The smallest absolute Gasteiger partial charge is 0.131 e. The van der Waals surface area contributed by atoms with Crippen LogP contribution < -0.4 is 0 Å². The molecule has 1 heterocycles. The Bertz CT molecular complexity index is 523. The maximum atomic E-state index is 13.5. The van der Waals surface area contributed by atoms with Gasteiger partial charge in [0.15, 0.2) is 0 Å². The number of hydrogen-bond acceptors (Lipinski definition) is 2. The molecule has 0 radical (unpaired) electrons. The Morgan fingerprint density at radius 1 is 1.31 bits per heavy atom. The summed E-state index contributed by atoms with van der Waals surface area (Å²) >= 11 is 0. The molecule has 0 saturated heterocycles. The normalized spacial score (nSPS) is 10.8. The van der Waals surface area contributed by atoms with E-state index >= 15 is 0 Å². The molecule has 2 rings (SSSR count). The van der Waals surface area contributed by atoms with Crippen LogP contribution in [0.2, 0.25) is 0 Å². The van der Waals surface area contributed by atoms with Crippen molar-refractivity contribution in [1.29, 1.82) is 0 Å². The number of benzene rings is 1. The number of hydrogen-bond donors (Lipinski definition) is 1. The Morgan fingerprint density at radius 3 is 2.75 bits per heavy atom.